The summed E-state index contributed by atoms with van der Waals surface area (Å²) in [6, 6.07) is 18.1. The number of hydrogen-bond donors (Lipinski definition) is 1. The van der Waals surface area contributed by atoms with Gasteiger partial charge in [-0.15, -0.1) is 0 Å². The lowest BCUT2D eigenvalue weighted by molar-refractivity contribution is -0.133. The SMILES string of the molecule is COc1ccc2cc3n(c2c1)CC(C)(C(=O)NC1CCCCC1)N(CCc1ccccc1)C3=O. The van der Waals surface area contributed by atoms with E-state index in [0.29, 0.717) is 25.2 Å². The van der Waals surface area contributed by atoms with E-state index < -0.39 is 5.54 Å². The molecule has 1 N–H and O–H groups in total. The first kappa shape index (κ1) is 22.5. The Morgan fingerprint density at radius 3 is 2.59 bits per heavy atom. The lowest BCUT2D eigenvalue weighted by Gasteiger charge is -2.45. The number of carbonyl (C=O) groups is 2. The van der Waals surface area contributed by atoms with Gasteiger partial charge in [-0.25, -0.2) is 0 Å². The van der Waals surface area contributed by atoms with E-state index in [1.54, 1.807) is 12.0 Å². The number of benzene rings is 2. The summed E-state index contributed by atoms with van der Waals surface area (Å²) in [4.78, 5) is 29.5. The number of fused-ring (bicyclic) bond motifs is 3. The Bertz CT molecular complexity index is 1200. The zero-order valence-corrected chi connectivity index (χ0v) is 20.0. The first-order valence-corrected chi connectivity index (χ1v) is 12.3. The molecule has 1 aliphatic heterocycles. The molecule has 5 rings (SSSR count). The number of hydrogen-bond acceptors (Lipinski definition) is 3. The molecule has 0 radical (unpaired) electrons. The summed E-state index contributed by atoms with van der Waals surface area (Å²) in [6.45, 7) is 2.82. The molecular weight excluding hydrogens is 426 g/mol. The molecule has 0 saturated heterocycles. The summed E-state index contributed by atoms with van der Waals surface area (Å²) in [6.07, 6.45) is 6.23. The minimum Gasteiger partial charge on any atom is -0.497 e. The number of nitrogens with zero attached hydrogens (tertiary/aromatic N) is 2. The van der Waals surface area contributed by atoms with Gasteiger partial charge in [-0.3, -0.25) is 9.59 Å². The minimum absolute atomic E-state index is 0.0591. The predicted octanol–water partition coefficient (Wildman–Crippen LogP) is 4.56. The molecule has 1 aliphatic carbocycles. The first-order chi connectivity index (χ1) is 16.5. The Balaban J connectivity index is 1.51. The fourth-order valence-electron chi connectivity index (χ4n) is 5.48. The molecule has 6 nitrogen and oxygen atoms in total. The molecule has 2 amide bonds. The molecule has 3 aromatic rings. The second kappa shape index (κ2) is 9.16. The third kappa shape index (κ3) is 4.06. The van der Waals surface area contributed by atoms with Crippen LogP contribution in [0.25, 0.3) is 10.9 Å². The van der Waals surface area contributed by atoms with Crippen LogP contribution in [0.4, 0.5) is 0 Å². The lowest BCUT2D eigenvalue weighted by atomic mass is 9.91. The van der Waals surface area contributed by atoms with Crippen molar-refractivity contribution in [3.05, 3.63) is 65.9 Å². The standard InChI is InChI=1S/C28H33N3O3/c1-28(27(33)29-22-11-7-4-8-12-22)19-30-24-18-23(34-2)14-13-21(24)17-25(30)26(32)31(28)16-15-20-9-5-3-6-10-20/h3,5-6,9-10,13-14,17-18,22H,4,7-8,11-12,15-16,19H2,1-2H3,(H,29,33). The summed E-state index contributed by atoms with van der Waals surface area (Å²) in [7, 11) is 1.64. The average molecular weight is 460 g/mol. The number of amides is 2. The molecule has 1 atom stereocenters. The average Bonchev–Trinajstić information content (AvgIpc) is 3.22. The van der Waals surface area contributed by atoms with Crippen molar-refractivity contribution >= 4 is 22.7 Å². The Labute approximate surface area is 200 Å². The van der Waals surface area contributed by atoms with Crippen LogP contribution in [-0.4, -0.2) is 46.5 Å². The monoisotopic (exact) mass is 459 g/mol. The van der Waals surface area contributed by atoms with Crippen LogP contribution in [0.2, 0.25) is 0 Å². The molecule has 1 fully saturated rings. The van der Waals surface area contributed by atoms with Crippen molar-refractivity contribution in [2.45, 2.75) is 63.6 Å². The molecule has 0 bridgehead atoms. The van der Waals surface area contributed by atoms with E-state index in [1.165, 1.54) is 6.42 Å². The number of carbonyl (C=O) groups excluding carboxylic acids is 2. The van der Waals surface area contributed by atoms with Crippen LogP contribution in [0.5, 0.6) is 5.75 Å². The van der Waals surface area contributed by atoms with E-state index in [9.17, 15) is 9.59 Å². The Kier molecular flexibility index (Phi) is 6.07. The van der Waals surface area contributed by atoms with Crippen LogP contribution in [0.15, 0.2) is 54.6 Å². The van der Waals surface area contributed by atoms with Gasteiger partial charge < -0.3 is 19.5 Å². The molecule has 34 heavy (non-hydrogen) atoms. The minimum atomic E-state index is -0.981. The highest BCUT2D eigenvalue weighted by Gasteiger charge is 2.48. The van der Waals surface area contributed by atoms with Gasteiger partial charge in [-0.05, 0) is 49.9 Å². The van der Waals surface area contributed by atoms with Crippen molar-refractivity contribution in [2.24, 2.45) is 0 Å². The van der Waals surface area contributed by atoms with Crippen LogP contribution in [-0.2, 0) is 17.8 Å². The van der Waals surface area contributed by atoms with Gasteiger partial charge in [-0.2, -0.15) is 0 Å². The molecular formula is C28H33N3O3. The van der Waals surface area contributed by atoms with Crippen LogP contribution >= 0.6 is 0 Å². The number of rotatable bonds is 6. The number of ether oxygens (including phenoxy) is 1. The van der Waals surface area contributed by atoms with E-state index in [4.69, 9.17) is 4.74 Å². The molecule has 2 aromatic carbocycles. The van der Waals surface area contributed by atoms with Gasteiger partial charge in [0.25, 0.3) is 5.91 Å². The highest BCUT2D eigenvalue weighted by molar-refractivity contribution is 6.03. The Morgan fingerprint density at radius 1 is 1.09 bits per heavy atom. The van der Waals surface area contributed by atoms with Crippen molar-refractivity contribution in [2.75, 3.05) is 13.7 Å². The van der Waals surface area contributed by atoms with Crippen molar-refractivity contribution in [3.63, 3.8) is 0 Å². The number of methoxy groups -OCH3 is 1. The van der Waals surface area contributed by atoms with E-state index in [2.05, 4.69) is 17.4 Å². The number of nitrogens with one attached hydrogen (secondary N) is 1. The summed E-state index contributed by atoms with van der Waals surface area (Å²) in [5.74, 6) is 0.579. The molecule has 1 aromatic heterocycles. The van der Waals surface area contributed by atoms with Gasteiger partial charge in [0.05, 0.1) is 19.2 Å². The second-order valence-corrected chi connectivity index (χ2v) is 9.82. The highest BCUT2D eigenvalue weighted by Crippen LogP contribution is 2.34. The smallest absolute Gasteiger partial charge is 0.271 e. The Hall–Kier alpha value is -3.28. The van der Waals surface area contributed by atoms with Gasteiger partial charge in [0.2, 0.25) is 5.91 Å². The van der Waals surface area contributed by atoms with Crippen molar-refractivity contribution in [1.82, 2.24) is 14.8 Å². The topological polar surface area (TPSA) is 63.6 Å². The number of aromatic nitrogens is 1. The van der Waals surface area contributed by atoms with Gasteiger partial charge in [0.15, 0.2) is 0 Å². The maximum atomic E-state index is 13.9. The van der Waals surface area contributed by atoms with Crippen molar-refractivity contribution in [1.29, 1.82) is 0 Å². The molecule has 178 valence electrons. The van der Waals surface area contributed by atoms with E-state index in [0.717, 1.165) is 47.9 Å². The van der Waals surface area contributed by atoms with Crippen LogP contribution in [0.1, 0.15) is 55.1 Å². The van der Waals surface area contributed by atoms with Crippen molar-refractivity contribution < 1.29 is 14.3 Å². The largest absolute Gasteiger partial charge is 0.497 e. The molecule has 6 heteroatoms. The van der Waals surface area contributed by atoms with E-state index >= 15 is 0 Å². The zero-order chi connectivity index (χ0) is 23.7. The van der Waals surface area contributed by atoms with Gasteiger partial charge in [0.1, 0.15) is 17.0 Å². The predicted molar refractivity (Wildman–Crippen MR) is 133 cm³/mol. The quantitative estimate of drug-likeness (QED) is 0.588. The summed E-state index contributed by atoms with van der Waals surface area (Å²) >= 11 is 0. The third-order valence-corrected chi connectivity index (χ3v) is 7.53. The third-order valence-electron chi connectivity index (χ3n) is 7.53. The van der Waals surface area contributed by atoms with Gasteiger partial charge >= 0.3 is 0 Å². The van der Waals surface area contributed by atoms with Gasteiger partial charge in [-0.1, -0.05) is 49.6 Å². The van der Waals surface area contributed by atoms with Crippen LogP contribution < -0.4 is 10.1 Å². The van der Waals surface area contributed by atoms with Gasteiger partial charge in [0, 0.05) is 24.0 Å². The second-order valence-electron chi connectivity index (χ2n) is 9.82. The molecule has 2 heterocycles. The summed E-state index contributed by atoms with van der Waals surface area (Å²) in [5, 5.41) is 4.28. The van der Waals surface area contributed by atoms with E-state index in [1.807, 2.05) is 54.0 Å². The lowest BCUT2D eigenvalue weighted by Crippen LogP contribution is -2.65. The summed E-state index contributed by atoms with van der Waals surface area (Å²) < 4.78 is 7.43. The maximum Gasteiger partial charge on any atom is 0.271 e. The molecule has 1 unspecified atom stereocenters. The normalized spacial score (nSPS) is 20.9. The van der Waals surface area contributed by atoms with E-state index in [-0.39, 0.29) is 17.9 Å². The van der Waals surface area contributed by atoms with Crippen LogP contribution in [0.3, 0.4) is 0 Å². The highest BCUT2D eigenvalue weighted by atomic mass is 16.5. The zero-order valence-electron chi connectivity index (χ0n) is 20.0. The first-order valence-electron chi connectivity index (χ1n) is 12.3. The molecule has 0 spiro atoms. The molecule has 2 aliphatic rings. The molecule has 1 saturated carbocycles. The van der Waals surface area contributed by atoms with Crippen molar-refractivity contribution in [3.8, 4) is 5.75 Å². The maximum absolute atomic E-state index is 13.9. The summed E-state index contributed by atoms with van der Waals surface area (Å²) in [5.41, 5.74) is 1.72. The Morgan fingerprint density at radius 2 is 1.85 bits per heavy atom. The fourth-order valence-corrected chi connectivity index (χ4v) is 5.48. The van der Waals surface area contributed by atoms with Crippen LogP contribution in [0, 0.1) is 0 Å². The fraction of sp³-hybridized carbons (Fsp3) is 0.429.